The fourth-order valence-electron chi connectivity index (χ4n) is 2.34. The molecule has 0 unspecified atom stereocenters. The van der Waals surface area contributed by atoms with E-state index in [0.717, 1.165) is 19.3 Å². The summed E-state index contributed by atoms with van der Waals surface area (Å²) in [7, 11) is 0. The van der Waals surface area contributed by atoms with Gasteiger partial charge < -0.3 is 14.3 Å². The van der Waals surface area contributed by atoms with Crippen molar-refractivity contribution in [1.29, 1.82) is 0 Å². The molecule has 1 aliphatic carbocycles. The van der Waals surface area contributed by atoms with E-state index in [9.17, 15) is 4.79 Å². The summed E-state index contributed by atoms with van der Waals surface area (Å²) in [5, 5.41) is 6.59. The standard InChI is InChI=1S/C13H15N3O3/c1-8(17)14-6-5-11-15-13(19-16-11)12-10-4-2-3-9(10)7-18-12/h7H,2-6H2,1H3,(H,14,17). The number of nitrogens with one attached hydrogen (secondary N) is 1. The lowest BCUT2D eigenvalue weighted by molar-refractivity contribution is -0.118. The van der Waals surface area contributed by atoms with E-state index in [-0.39, 0.29) is 5.91 Å². The van der Waals surface area contributed by atoms with Crippen LogP contribution >= 0.6 is 0 Å². The summed E-state index contributed by atoms with van der Waals surface area (Å²) in [6, 6.07) is 0. The summed E-state index contributed by atoms with van der Waals surface area (Å²) in [6.45, 7) is 1.98. The average Bonchev–Trinajstić information content (AvgIpc) is 3.01. The third-order valence-electron chi connectivity index (χ3n) is 3.24. The number of nitrogens with zero attached hydrogens (tertiary/aromatic N) is 2. The first-order valence-corrected chi connectivity index (χ1v) is 6.40. The molecule has 1 N–H and O–H groups in total. The largest absolute Gasteiger partial charge is 0.459 e. The van der Waals surface area contributed by atoms with Gasteiger partial charge in [-0.1, -0.05) is 5.16 Å². The molecule has 0 aliphatic heterocycles. The third kappa shape index (κ3) is 2.38. The second-order valence-corrected chi connectivity index (χ2v) is 4.67. The zero-order valence-electron chi connectivity index (χ0n) is 10.7. The number of aryl methyl sites for hydroxylation is 1. The molecule has 1 amide bonds. The van der Waals surface area contributed by atoms with Gasteiger partial charge in [-0.25, -0.2) is 0 Å². The van der Waals surface area contributed by atoms with E-state index in [1.807, 2.05) is 0 Å². The lowest BCUT2D eigenvalue weighted by Crippen LogP contribution is -2.22. The maximum atomic E-state index is 10.8. The molecule has 0 saturated heterocycles. The number of fused-ring (bicyclic) bond motifs is 1. The monoisotopic (exact) mass is 261 g/mol. The number of rotatable bonds is 4. The SMILES string of the molecule is CC(=O)NCCc1noc(-c2occ3c2CCC3)n1. The van der Waals surface area contributed by atoms with Crippen molar-refractivity contribution in [3.8, 4) is 11.7 Å². The van der Waals surface area contributed by atoms with Gasteiger partial charge in [-0.15, -0.1) is 0 Å². The van der Waals surface area contributed by atoms with Gasteiger partial charge in [0.25, 0.3) is 5.89 Å². The first kappa shape index (κ1) is 12.0. The second kappa shape index (κ2) is 4.87. The topological polar surface area (TPSA) is 81.2 Å². The molecule has 0 fully saturated rings. The van der Waals surface area contributed by atoms with E-state index >= 15 is 0 Å². The molecule has 2 aromatic rings. The van der Waals surface area contributed by atoms with Crippen LogP contribution in [0.15, 0.2) is 15.2 Å². The lowest BCUT2D eigenvalue weighted by atomic mass is 10.2. The first-order chi connectivity index (χ1) is 9.24. The van der Waals surface area contributed by atoms with Gasteiger partial charge in [0.2, 0.25) is 5.91 Å². The minimum Gasteiger partial charge on any atom is -0.459 e. The molecular weight excluding hydrogens is 246 g/mol. The van der Waals surface area contributed by atoms with Crippen LogP contribution in [0, 0.1) is 0 Å². The van der Waals surface area contributed by atoms with Gasteiger partial charge in [-0.05, 0) is 24.8 Å². The number of carbonyl (C=O) groups excluding carboxylic acids is 1. The van der Waals surface area contributed by atoms with E-state index in [4.69, 9.17) is 8.94 Å². The molecule has 0 saturated carbocycles. The van der Waals surface area contributed by atoms with E-state index in [2.05, 4.69) is 15.5 Å². The highest BCUT2D eigenvalue weighted by molar-refractivity contribution is 5.72. The van der Waals surface area contributed by atoms with Gasteiger partial charge in [0.1, 0.15) is 0 Å². The number of hydrogen-bond donors (Lipinski definition) is 1. The minimum absolute atomic E-state index is 0.0624. The van der Waals surface area contributed by atoms with E-state index in [1.54, 1.807) is 6.26 Å². The highest BCUT2D eigenvalue weighted by Crippen LogP contribution is 2.33. The fraction of sp³-hybridized carbons (Fsp3) is 0.462. The normalized spacial score (nSPS) is 13.5. The molecule has 3 rings (SSSR count). The smallest absolute Gasteiger partial charge is 0.293 e. The molecule has 0 aromatic carbocycles. The van der Waals surface area contributed by atoms with Gasteiger partial charge in [-0.3, -0.25) is 4.79 Å². The molecule has 2 aromatic heterocycles. The quantitative estimate of drug-likeness (QED) is 0.901. The number of hydrogen-bond acceptors (Lipinski definition) is 5. The van der Waals surface area contributed by atoms with Gasteiger partial charge in [0, 0.05) is 25.5 Å². The van der Waals surface area contributed by atoms with Crippen molar-refractivity contribution in [2.75, 3.05) is 6.54 Å². The Bertz CT molecular complexity index is 600. The van der Waals surface area contributed by atoms with Crippen LogP contribution in [0.1, 0.15) is 30.3 Å². The van der Waals surface area contributed by atoms with Crippen LogP contribution in [-0.4, -0.2) is 22.6 Å². The summed E-state index contributed by atoms with van der Waals surface area (Å²) in [4.78, 5) is 15.1. The van der Waals surface area contributed by atoms with E-state index in [1.165, 1.54) is 18.1 Å². The predicted molar refractivity (Wildman–Crippen MR) is 66.4 cm³/mol. The highest BCUT2D eigenvalue weighted by Gasteiger charge is 2.23. The van der Waals surface area contributed by atoms with Crippen LogP contribution in [0.25, 0.3) is 11.7 Å². The molecule has 0 spiro atoms. The van der Waals surface area contributed by atoms with Gasteiger partial charge in [-0.2, -0.15) is 4.98 Å². The molecule has 6 heteroatoms. The molecule has 0 bridgehead atoms. The molecule has 0 radical (unpaired) electrons. The van der Waals surface area contributed by atoms with Crippen molar-refractivity contribution in [1.82, 2.24) is 15.5 Å². The van der Waals surface area contributed by atoms with Crippen molar-refractivity contribution < 1.29 is 13.7 Å². The maximum Gasteiger partial charge on any atom is 0.293 e. The molecule has 1 aliphatic rings. The van der Waals surface area contributed by atoms with Gasteiger partial charge >= 0.3 is 0 Å². The Kier molecular flexibility index (Phi) is 3.06. The number of aromatic nitrogens is 2. The van der Waals surface area contributed by atoms with Crippen molar-refractivity contribution in [2.24, 2.45) is 0 Å². The van der Waals surface area contributed by atoms with Crippen LogP contribution in [-0.2, 0) is 24.1 Å². The van der Waals surface area contributed by atoms with Crippen molar-refractivity contribution >= 4 is 5.91 Å². The van der Waals surface area contributed by atoms with Crippen LogP contribution in [0.3, 0.4) is 0 Å². The zero-order valence-corrected chi connectivity index (χ0v) is 10.7. The van der Waals surface area contributed by atoms with Crippen molar-refractivity contribution in [3.05, 3.63) is 23.2 Å². The van der Waals surface area contributed by atoms with Crippen molar-refractivity contribution in [3.63, 3.8) is 0 Å². The molecule has 2 heterocycles. The molecule has 100 valence electrons. The van der Waals surface area contributed by atoms with Crippen molar-refractivity contribution in [2.45, 2.75) is 32.6 Å². The molecular formula is C13H15N3O3. The average molecular weight is 261 g/mol. The fourth-order valence-corrected chi connectivity index (χ4v) is 2.34. The summed E-state index contributed by atoms with van der Waals surface area (Å²) in [6.07, 6.45) is 5.54. The van der Waals surface area contributed by atoms with Crippen LogP contribution < -0.4 is 5.32 Å². The van der Waals surface area contributed by atoms with E-state index in [0.29, 0.717) is 30.4 Å². The van der Waals surface area contributed by atoms with E-state index < -0.39 is 0 Å². The number of amides is 1. The molecule has 19 heavy (non-hydrogen) atoms. The maximum absolute atomic E-state index is 10.8. The summed E-state index contributed by atoms with van der Waals surface area (Å²) < 4.78 is 10.7. The highest BCUT2D eigenvalue weighted by atomic mass is 16.5. The number of furan rings is 1. The number of carbonyl (C=O) groups is 1. The first-order valence-electron chi connectivity index (χ1n) is 6.40. The summed E-state index contributed by atoms with van der Waals surface area (Å²) in [5.41, 5.74) is 2.44. The Morgan fingerprint density at radius 1 is 1.47 bits per heavy atom. The lowest BCUT2D eigenvalue weighted by Gasteiger charge is -1.96. The van der Waals surface area contributed by atoms with Gasteiger partial charge in [0.15, 0.2) is 11.6 Å². The Labute approximate surface area is 110 Å². The van der Waals surface area contributed by atoms with Crippen LogP contribution in [0.2, 0.25) is 0 Å². The Hall–Kier alpha value is -2.11. The second-order valence-electron chi connectivity index (χ2n) is 4.67. The van der Waals surface area contributed by atoms with Crippen LogP contribution in [0.5, 0.6) is 0 Å². The Morgan fingerprint density at radius 2 is 2.37 bits per heavy atom. The summed E-state index contributed by atoms with van der Waals surface area (Å²) >= 11 is 0. The molecule has 0 atom stereocenters. The third-order valence-corrected chi connectivity index (χ3v) is 3.24. The zero-order chi connectivity index (χ0) is 13.2. The Morgan fingerprint density at radius 3 is 3.21 bits per heavy atom. The Balaban J connectivity index is 1.72. The van der Waals surface area contributed by atoms with Gasteiger partial charge in [0.05, 0.1) is 6.26 Å². The predicted octanol–water partition coefficient (Wildman–Crippen LogP) is 1.50. The minimum atomic E-state index is -0.0624. The summed E-state index contributed by atoms with van der Waals surface area (Å²) in [5.74, 6) is 1.64. The molecule has 6 nitrogen and oxygen atoms in total. The van der Waals surface area contributed by atoms with Crippen LogP contribution in [0.4, 0.5) is 0 Å².